The van der Waals surface area contributed by atoms with Crippen molar-refractivity contribution >= 4 is 35.2 Å². The zero-order valence-corrected chi connectivity index (χ0v) is 18.4. The van der Waals surface area contributed by atoms with Gasteiger partial charge in [-0.05, 0) is 5.56 Å². The van der Waals surface area contributed by atoms with Crippen LogP contribution < -0.4 is 0 Å². The molecule has 1 aliphatic heterocycles. The van der Waals surface area contributed by atoms with Gasteiger partial charge in [-0.1, -0.05) is 68.1 Å². The first-order valence-corrected chi connectivity index (χ1v) is 11.3. The maximum atomic E-state index is 12.1. The van der Waals surface area contributed by atoms with E-state index in [2.05, 4.69) is 4.98 Å². The Morgan fingerprint density at radius 2 is 2.17 bits per heavy atom. The summed E-state index contributed by atoms with van der Waals surface area (Å²) in [7, 11) is 0. The van der Waals surface area contributed by atoms with Crippen LogP contribution in [0, 0.1) is 0 Å². The highest BCUT2D eigenvalue weighted by Crippen LogP contribution is 2.28. The number of thioether (sulfide) groups is 1. The van der Waals surface area contributed by atoms with Crippen LogP contribution in [0.15, 0.2) is 52.2 Å². The van der Waals surface area contributed by atoms with Gasteiger partial charge in [0.15, 0.2) is 10.0 Å². The van der Waals surface area contributed by atoms with Gasteiger partial charge in [-0.3, -0.25) is 4.90 Å². The number of carbonyl (C=O) groups excluding carboxylic acids is 1. The SMILES string of the molecule is CC(C)(c1ccccc1)C(O)C=CC1COC(=O)N1CCSc1nc(C(=O)O)cs1. The Hall–Kier alpha value is -2.36. The van der Waals surface area contributed by atoms with Crippen molar-refractivity contribution < 1.29 is 24.5 Å². The number of aliphatic hydroxyl groups is 1. The van der Waals surface area contributed by atoms with Gasteiger partial charge in [0.25, 0.3) is 0 Å². The van der Waals surface area contributed by atoms with Crippen molar-refractivity contribution in [1.29, 1.82) is 0 Å². The lowest BCUT2D eigenvalue weighted by atomic mass is 9.79. The van der Waals surface area contributed by atoms with E-state index in [9.17, 15) is 14.7 Å². The van der Waals surface area contributed by atoms with Gasteiger partial charge in [-0.25, -0.2) is 14.6 Å². The summed E-state index contributed by atoms with van der Waals surface area (Å²) in [5, 5.41) is 21.2. The highest BCUT2D eigenvalue weighted by atomic mass is 32.2. The van der Waals surface area contributed by atoms with E-state index in [1.165, 1.54) is 28.5 Å². The molecular weight excluding hydrogens is 424 g/mol. The third-order valence-electron chi connectivity index (χ3n) is 5.05. The fourth-order valence-corrected chi connectivity index (χ4v) is 4.86. The standard InChI is InChI=1S/C21H24N2O5S2/c1-21(2,14-6-4-3-5-7-14)17(24)9-8-15-12-28-20(27)23(15)10-11-29-19-22-16(13-30-19)18(25)26/h3-9,13,15,17,24H,10-12H2,1-2H3,(H,25,26). The summed E-state index contributed by atoms with van der Waals surface area (Å²) in [6.45, 7) is 4.61. The minimum absolute atomic E-state index is 0.0268. The molecular formula is C21H24N2O5S2. The van der Waals surface area contributed by atoms with E-state index in [-0.39, 0.29) is 18.3 Å². The van der Waals surface area contributed by atoms with Gasteiger partial charge in [-0.15, -0.1) is 11.3 Å². The second-order valence-corrected chi connectivity index (χ2v) is 9.61. The summed E-state index contributed by atoms with van der Waals surface area (Å²) in [6, 6.07) is 9.53. The zero-order valence-electron chi connectivity index (χ0n) is 16.7. The molecule has 2 aromatic rings. The van der Waals surface area contributed by atoms with E-state index in [1.807, 2.05) is 50.3 Å². The summed E-state index contributed by atoms with van der Waals surface area (Å²) in [6.07, 6.45) is 2.42. The average Bonchev–Trinajstić information content (AvgIpc) is 3.34. The number of carbonyl (C=O) groups is 2. The van der Waals surface area contributed by atoms with Gasteiger partial charge in [0.1, 0.15) is 6.61 Å². The van der Waals surface area contributed by atoms with E-state index >= 15 is 0 Å². The number of aromatic carboxylic acids is 1. The topological polar surface area (TPSA) is 100.0 Å². The monoisotopic (exact) mass is 448 g/mol. The molecule has 1 aromatic heterocycles. The van der Waals surface area contributed by atoms with Crippen LogP contribution in [0.2, 0.25) is 0 Å². The van der Waals surface area contributed by atoms with Crippen LogP contribution in [0.1, 0.15) is 29.9 Å². The van der Waals surface area contributed by atoms with E-state index in [0.717, 1.165) is 5.56 Å². The predicted molar refractivity (Wildman–Crippen MR) is 116 cm³/mol. The lowest BCUT2D eigenvalue weighted by Crippen LogP contribution is -2.35. The Bertz CT molecular complexity index is 913. The molecule has 1 fully saturated rings. The molecule has 160 valence electrons. The number of aromatic nitrogens is 1. The lowest BCUT2D eigenvalue weighted by molar-refractivity contribution is 0.0690. The first kappa shape index (κ1) is 22.3. The molecule has 1 saturated heterocycles. The van der Waals surface area contributed by atoms with Gasteiger partial charge >= 0.3 is 12.1 Å². The van der Waals surface area contributed by atoms with E-state index in [1.54, 1.807) is 11.0 Å². The fourth-order valence-electron chi connectivity index (χ4n) is 3.05. The van der Waals surface area contributed by atoms with Gasteiger partial charge in [0.2, 0.25) is 0 Å². The first-order chi connectivity index (χ1) is 14.3. The molecule has 1 aromatic carbocycles. The summed E-state index contributed by atoms with van der Waals surface area (Å²) in [5.41, 5.74) is 0.575. The Morgan fingerprint density at radius 1 is 1.43 bits per heavy atom. The normalized spacial score (nSPS) is 18.0. The number of hydrogen-bond acceptors (Lipinski definition) is 7. The number of carboxylic acid groups (broad SMARTS) is 1. The number of nitrogens with zero attached hydrogens (tertiary/aromatic N) is 2. The number of cyclic esters (lactones) is 1. The quantitative estimate of drug-likeness (QED) is 0.446. The van der Waals surface area contributed by atoms with Gasteiger partial charge in [0.05, 0.1) is 12.1 Å². The number of thiazole rings is 1. The van der Waals surface area contributed by atoms with E-state index in [0.29, 0.717) is 16.6 Å². The van der Waals surface area contributed by atoms with Crippen molar-refractivity contribution in [1.82, 2.24) is 9.88 Å². The molecule has 3 rings (SSSR count). The van der Waals surface area contributed by atoms with Crippen LogP contribution in [-0.2, 0) is 10.2 Å². The molecule has 7 nitrogen and oxygen atoms in total. The molecule has 0 radical (unpaired) electrons. The molecule has 0 aliphatic carbocycles. The van der Waals surface area contributed by atoms with Gasteiger partial charge in [-0.2, -0.15) is 0 Å². The van der Waals surface area contributed by atoms with Crippen LogP contribution >= 0.6 is 23.1 Å². The maximum absolute atomic E-state index is 12.1. The highest BCUT2D eigenvalue weighted by Gasteiger charge is 2.32. The number of aliphatic hydroxyl groups excluding tert-OH is 1. The molecule has 1 aliphatic rings. The minimum atomic E-state index is -1.05. The maximum Gasteiger partial charge on any atom is 0.410 e. The van der Waals surface area contributed by atoms with Crippen molar-refractivity contribution in [3.05, 3.63) is 59.1 Å². The molecule has 0 spiro atoms. The third-order valence-corrected chi connectivity index (χ3v) is 7.05. The molecule has 0 bridgehead atoms. The minimum Gasteiger partial charge on any atom is -0.476 e. The van der Waals surface area contributed by atoms with Crippen LogP contribution in [-0.4, -0.2) is 63.2 Å². The van der Waals surface area contributed by atoms with E-state index in [4.69, 9.17) is 9.84 Å². The molecule has 0 saturated carbocycles. The van der Waals surface area contributed by atoms with E-state index < -0.39 is 23.6 Å². The van der Waals surface area contributed by atoms with Crippen molar-refractivity contribution in [2.24, 2.45) is 0 Å². The largest absolute Gasteiger partial charge is 0.476 e. The van der Waals surface area contributed by atoms with Crippen molar-refractivity contribution in [2.75, 3.05) is 18.9 Å². The smallest absolute Gasteiger partial charge is 0.410 e. The molecule has 2 atom stereocenters. The number of rotatable bonds is 9. The molecule has 1 amide bonds. The predicted octanol–water partition coefficient (Wildman–Crippen LogP) is 3.65. The zero-order chi connectivity index (χ0) is 21.7. The second-order valence-electron chi connectivity index (χ2n) is 7.41. The number of ether oxygens (including phenoxy) is 1. The van der Waals surface area contributed by atoms with Crippen LogP contribution in [0.3, 0.4) is 0 Å². The lowest BCUT2D eigenvalue weighted by Gasteiger charge is -2.29. The van der Waals surface area contributed by atoms with Gasteiger partial charge < -0.3 is 14.9 Å². The van der Waals surface area contributed by atoms with Crippen LogP contribution in [0.5, 0.6) is 0 Å². The summed E-state index contributed by atoms with van der Waals surface area (Å²) < 4.78 is 5.82. The van der Waals surface area contributed by atoms with Crippen LogP contribution in [0.25, 0.3) is 0 Å². The highest BCUT2D eigenvalue weighted by molar-refractivity contribution is 8.01. The fraction of sp³-hybridized carbons (Fsp3) is 0.381. The Morgan fingerprint density at radius 3 is 2.83 bits per heavy atom. The Kier molecular flexibility index (Phi) is 7.17. The van der Waals surface area contributed by atoms with Crippen LogP contribution in [0.4, 0.5) is 4.79 Å². The van der Waals surface area contributed by atoms with Crippen molar-refractivity contribution in [3.63, 3.8) is 0 Å². The van der Waals surface area contributed by atoms with Gasteiger partial charge in [0, 0.05) is 23.1 Å². The molecule has 2 heterocycles. The molecule has 2 unspecified atom stereocenters. The number of hydrogen-bond donors (Lipinski definition) is 2. The first-order valence-electron chi connectivity index (χ1n) is 9.46. The summed E-state index contributed by atoms with van der Waals surface area (Å²) in [4.78, 5) is 28.6. The molecule has 2 N–H and O–H groups in total. The summed E-state index contributed by atoms with van der Waals surface area (Å²) >= 11 is 2.66. The summed E-state index contributed by atoms with van der Waals surface area (Å²) in [5.74, 6) is -0.493. The van der Waals surface area contributed by atoms with Crippen molar-refractivity contribution in [2.45, 2.75) is 35.7 Å². The Balaban J connectivity index is 1.58. The third kappa shape index (κ3) is 5.21. The number of carboxylic acids is 1. The molecule has 30 heavy (non-hydrogen) atoms. The number of amides is 1. The van der Waals surface area contributed by atoms with Crippen molar-refractivity contribution in [3.8, 4) is 0 Å². The second kappa shape index (κ2) is 9.63. The molecule has 9 heteroatoms. The average molecular weight is 449 g/mol. The number of benzene rings is 1. The Labute approximate surface area is 183 Å².